The van der Waals surface area contributed by atoms with Crippen molar-refractivity contribution in [3.05, 3.63) is 29.8 Å². The van der Waals surface area contributed by atoms with Gasteiger partial charge in [-0.05, 0) is 49.9 Å². The maximum absolute atomic E-state index is 12.4. The predicted molar refractivity (Wildman–Crippen MR) is 98.3 cm³/mol. The Morgan fingerprint density at radius 1 is 1.07 bits per heavy atom. The molecule has 1 aliphatic carbocycles. The topological polar surface area (TPSA) is 103 Å². The molecule has 0 aromatic heterocycles. The number of hydrogen-bond donors (Lipinski definition) is 2. The van der Waals surface area contributed by atoms with Gasteiger partial charge in [-0.3, -0.25) is 4.79 Å². The molecule has 1 saturated carbocycles. The maximum atomic E-state index is 12.4. The highest BCUT2D eigenvalue weighted by Gasteiger charge is 2.29. The Kier molecular flexibility index (Phi) is 6.17. The number of likely N-dealkylation sites (tertiary alicyclic amines) is 1. The number of nitrogens with zero attached hydrogens (tertiary/aromatic N) is 2. The molecule has 1 aromatic carbocycles. The number of urea groups is 1. The van der Waals surface area contributed by atoms with Gasteiger partial charge < -0.3 is 20.1 Å². The zero-order chi connectivity index (χ0) is 19.2. The number of nitriles is 1. The fraction of sp³-hybridized carbons (Fsp3) is 0.550. The van der Waals surface area contributed by atoms with Crippen molar-refractivity contribution in [3.63, 3.8) is 0 Å². The van der Waals surface area contributed by atoms with Gasteiger partial charge in [0, 0.05) is 32.0 Å². The summed E-state index contributed by atoms with van der Waals surface area (Å²) in [6.45, 7) is 1.27. The van der Waals surface area contributed by atoms with Gasteiger partial charge in [-0.15, -0.1) is 0 Å². The number of carbonyl (C=O) groups is 2. The first kappa shape index (κ1) is 19.0. The van der Waals surface area contributed by atoms with Gasteiger partial charge in [0.1, 0.15) is 11.9 Å². The fourth-order valence-corrected chi connectivity index (χ4v) is 3.73. The summed E-state index contributed by atoms with van der Waals surface area (Å²) in [5.74, 6) is -0.260. The Balaban J connectivity index is 1.40. The summed E-state index contributed by atoms with van der Waals surface area (Å²) >= 11 is 0. The summed E-state index contributed by atoms with van der Waals surface area (Å²) in [5.41, 5.74) is 0.603. The molecule has 2 fully saturated rings. The zero-order valence-corrected chi connectivity index (χ0v) is 15.3. The van der Waals surface area contributed by atoms with Crippen molar-refractivity contribution in [1.29, 1.82) is 5.26 Å². The van der Waals surface area contributed by atoms with Crippen LogP contribution in [0.3, 0.4) is 0 Å². The van der Waals surface area contributed by atoms with E-state index in [0.717, 1.165) is 31.4 Å². The van der Waals surface area contributed by atoms with E-state index in [1.54, 1.807) is 24.3 Å². The average Bonchev–Trinajstić information content (AvgIpc) is 2.69. The lowest BCUT2D eigenvalue weighted by Gasteiger charge is -2.34. The predicted octanol–water partition coefficient (Wildman–Crippen LogP) is 2.75. The van der Waals surface area contributed by atoms with E-state index in [4.69, 9.17) is 15.1 Å². The van der Waals surface area contributed by atoms with Crippen molar-refractivity contribution in [2.24, 2.45) is 5.92 Å². The molecule has 2 N–H and O–H groups in total. The summed E-state index contributed by atoms with van der Waals surface area (Å²) in [7, 11) is 0. The van der Waals surface area contributed by atoms with E-state index in [9.17, 15) is 9.59 Å². The minimum atomic E-state index is -0.732. The summed E-state index contributed by atoms with van der Waals surface area (Å²) in [6, 6.07) is 9.15. The second-order valence-electron chi connectivity index (χ2n) is 7.28. The smallest absolute Gasteiger partial charge is 0.317 e. The molecule has 27 heavy (non-hydrogen) atoms. The van der Waals surface area contributed by atoms with Crippen LogP contribution in [0.25, 0.3) is 0 Å². The summed E-state index contributed by atoms with van der Waals surface area (Å²) < 4.78 is 5.94. The highest BCUT2D eigenvalue weighted by atomic mass is 16.5. The standard InChI is InChI=1S/C20H25N3O4/c21-13-14-1-7-17(8-2-14)27-18-9-11-23(12-10-18)20(26)22-16-5-3-15(4-6-16)19(24)25/h1-2,7-8,15-16,18H,3-6,9-12H2,(H,22,26)(H,24,25). The van der Waals surface area contributed by atoms with Crippen LogP contribution in [0.2, 0.25) is 0 Å². The molecule has 1 aliphatic heterocycles. The number of carboxylic acids is 1. The number of nitrogens with one attached hydrogen (secondary N) is 1. The van der Waals surface area contributed by atoms with Crippen LogP contribution in [0.4, 0.5) is 4.79 Å². The Labute approximate surface area is 158 Å². The first-order chi connectivity index (χ1) is 13.0. The second kappa shape index (κ2) is 8.76. The average molecular weight is 371 g/mol. The number of aliphatic carboxylic acids is 1. The highest BCUT2D eigenvalue weighted by molar-refractivity contribution is 5.75. The van der Waals surface area contributed by atoms with E-state index in [1.165, 1.54) is 0 Å². The fourth-order valence-electron chi connectivity index (χ4n) is 3.73. The third kappa shape index (κ3) is 5.13. The number of carbonyl (C=O) groups excluding carboxylic acids is 1. The number of rotatable bonds is 4. The third-order valence-electron chi connectivity index (χ3n) is 5.42. The molecule has 0 unspecified atom stereocenters. The number of hydrogen-bond acceptors (Lipinski definition) is 4. The number of ether oxygens (including phenoxy) is 1. The van der Waals surface area contributed by atoms with Crippen molar-refractivity contribution in [1.82, 2.24) is 10.2 Å². The molecule has 0 radical (unpaired) electrons. The molecule has 0 bridgehead atoms. The minimum Gasteiger partial charge on any atom is -0.490 e. The quantitative estimate of drug-likeness (QED) is 0.847. The monoisotopic (exact) mass is 371 g/mol. The lowest BCUT2D eigenvalue weighted by atomic mass is 9.86. The molecule has 144 valence electrons. The molecular weight excluding hydrogens is 346 g/mol. The van der Waals surface area contributed by atoms with Crippen molar-refractivity contribution >= 4 is 12.0 Å². The molecule has 0 atom stereocenters. The van der Waals surface area contributed by atoms with E-state index in [-0.39, 0.29) is 24.1 Å². The van der Waals surface area contributed by atoms with Gasteiger partial charge in [0.2, 0.25) is 0 Å². The van der Waals surface area contributed by atoms with Crippen LogP contribution in [0.15, 0.2) is 24.3 Å². The van der Waals surface area contributed by atoms with Gasteiger partial charge in [-0.1, -0.05) is 0 Å². The number of carboxylic acid groups (broad SMARTS) is 1. The Hall–Kier alpha value is -2.75. The minimum absolute atomic E-state index is 0.0630. The van der Waals surface area contributed by atoms with Gasteiger partial charge in [-0.2, -0.15) is 5.26 Å². The Bertz CT molecular complexity index is 697. The van der Waals surface area contributed by atoms with Crippen molar-refractivity contribution in [3.8, 4) is 11.8 Å². The molecule has 7 nitrogen and oxygen atoms in total. The van der Waals surface area contributed by atoms with Crippen LogP contribution >= 0.6 is 0 Å². The molecule has 3 rings (SSSR count). The second-order valence-corrected chi connectivity index (χ2v) is 7.28. The Morgan fingerprint density at radius 3 is 2.26 bits per heavy atom. The van der Waals surface area contributed by atoms with Crippen LogP contribution in [0.1, 0.15) is 44.1 Å². The summed E-state index contributed by atoms with van der Waals surface area (Å²) in [5, 5.41) is 20.9. The van der Waals surface area contributed by atoms with E-state index >= 15 is 0 Å². The van der Waals surface area contributed by atoms with E-state index in [1.807, 2.05) is 4.90 Å². The molecule has 2 aliphatic rings. The number of amides is 2. The summed E-state index contributed by atoms with van der Waals surface area (Å²) in [6.07, 6.45) is 4.29. The summed E-state index contributed by atoms with van der Waals surface area (Å²) in [4.78, 5) is 25.3. The van der Waals surface area contributed by atoms with Crippen LogP contribution in [-0.2, 0) is 4.79 Å². The Morgan fingerprint density at radius 2 is 1.70 bits per heavy atom. The maximum Gasteiger partial charge on any atom is 0.317 e. The van der Waals surface area contributed by atoms with Crippen LogP contribution in [0, 0.1) is 17.2 Å². The number of benzene rings is 1. The van der Waals surface area contributed by atoms with E-state index < -0.39 is 5.97 Å². The van der Waals surface area contributed by atoms with Crippen molar-refractivity contribution in [2.45, 2.75) is 50.7 Å². The van der Waals surface area contributed by atoms with Gasteiger partial charge >= 0.3 is 12.0 Å². The normalized spacial score (nSPS) is 23.3. The molecule has 0 spiro atoms. The lowest BCUT2D eigenvalue weighted by Crippen LogP contribution is -2.50. The van der Waals surface area contributed by atoms with Crippen molar-refractivity contribution < 1.29 is 19.4 Å². The first-order valence-corrected chi connectivity index (χ1v) is 9.50. The molecule has 7 heteroatoms. The van der Waals surface area contributed by atoms with Gasteiger partial charge in [0.25, 0.3) is 0 Å². The highest BCUT2D eigenvalue weighted by Crippen LogP contribution is 2.25. The lowest BCUT2D eigenvalue weighted by molar-refractivity contribution is -0.142. The van der Waals surface area contributed by atoms with Gasteiger partial charge in [-0.25, -0.2) is 4.79 Å². The van der Waals surface area contributed by atoms with E-state index in [2.05, 4.69) is 11.4 Å². The van der Waals surface area contributed by atoms with Gasteiger partial charge in [0.05, 0.1) is 17.6 Å². The molecule has 1 aromatic rings. The molecule has 1 saturated heterocycles. The molecule has 2 amide bonds. The van der Waals surface area contributed by atoms with Crippen molar-refractivity contribution in [2.75, 3.05) is 13.1 Å². The molecule has 1 heterocycles. The first-order valence-electron chi connectivity index (χ1n) is 9.50. The molecular formula is C20H25N3O4. The largest absolute Gasteiger partial charge is 0.490 e. The van der Waals surface area contributed by atoms with Crippen LogP contribution < -0.4 is 10.1 Å². The van der Waals surface area contributed by atoms with E-state index in [0.29, 0.717) is 31.5 Å². The van der Waals surface area contributed by atoms with Gasteiger partial charge in [0.15, 0.2) is 0 Å². The number of piperidine rings is 1. The SMILES string of the molecule is N#Cc1ccc(OC2CCN(C(=O)NC3CCC(C(=O)O)CC3)CC2)cc1. The zero-order valence-electron chi connectivity index (χ0n) is 15.3. The van der Waals surface area contributed by atoms with Crippen LogP contribution in [0.5, 0.6) is 5.75 Å². The third-order valence-corrected chi connectivity index (χ3v) is 5.42. The van der Waals surface area contributed by atoms with Crippen LogP contribution in [-0.4, -0.2) is 47.2 Å².